The Kier molecular flexibility index (Phi) is 3.12. The fourth-order valence-electron chi connectivity index (χ4n) is 0.916. The van der Waals surface area contributed by atoms with Crippen LogP contribution in [0.2, 0.25) is 0 Å². The number of carbonyl (C=O) groups excluding carboxylic acids is 1. The smallest absolute Gasteiger partial charge is 0.139 e. The second-order valence-electron chi connectivity index (χ2n) is 3.44. The van der Waals surface area contributed by atoms with Crippen LogP contribution in [0.5, 0.6) is 0 Å². The predicted octanol–water partition coefficient (Wildman–Crippen LogP) is 1.55. The minimum absolute atomic E-state index is 0.0845. The quantitative estimate of drug-likeness (QED) is 0.705. The van der Waals surface area contributed by atoms with E-state index in [1.54, 1.807) is 12.4 Å². The van der Waals surface area contributed by atoms with Crippen LogP contribution in [0, 0.1) is 12.8 Å². The Morgan fingerprint density at radius 3 is 2.38 bits per heavy atom. The molecule has 0 N–H and O–H groups in total. The topological polar surface area (TPSA) is 42.9 Å². The van der Waals surface area contributed by atoms with Crippen LogP contribution in [0.3, 0.4) is 0 Å². The summed E-state index contributed by atoms with van der Waals surface area (Å²) >= 11 is 0. The van der Waals surface area contributed by atoms with Crippen molar-refractivity contribution < 1.29 is 4.79 Å². The Balaban J connectivity index is 2.65. The molecule has 0 bridgehead atoms. The number of Topliss-reactive ketones (excluding diaryl/α,β-unsaturated/α-hetero) is 1. The summed E-state index contributed by atoms with van der Waals surface area (Å²) in [4.78, 5) is 19.4. The molecule has 0 saturated heterocycles. The molecule has 0 fully saturated rings. The molecule has 3 nitrogen and oxygen atoms in total. The van der Waals surface area contributed by atoms with Crippen LogP contribution in [-0.4, -0.2) is 15.8 Å². The molecule has 70 valence electrons. The van der Waals surface area contributed by atoms with Gasteiger partial charge >= 0.3 is 0 Å². The molecule has 0 radical (unpaired) electrons. The molecule has 0 saturated carbocycles. The first-order valence-electron chi connectivity index (χ1n) is 4.40. The highest BCUT2D eigenvalue weighted by Crippen LogP contribution is 2.03. The molecule has 0 aliphatic heterocycles. The zero-order valence-corrected chi connectivity index (χ0v) is 8.24. The van der Waals surface area contributed by atoms with E-state index < -0.39 is 0 Å². The van der Waals surface area contributed by atoms with Crippen molar-refractivity contribution in [2.24, 2.45) is 5.92 Å². The number of aromatic nitrogens is 2. The highest BCUT2D eigenvalue weighted by molar-refractivity contribution is 5.82. The van der Waals surface area contributed by atoms with E-state index in [1.165, 1.54) is 0 Å². The molecule has 1 rings (SSSR count). The van der Waals surface area contributed by atoms with Gasteiger partial charge in [0.2, 0.25) is 0 Å². The third-order valence-corrected chi connectivity index (χ3v) is 1.86. The first kappa shape index (κ1) is 9.84. The van der Waals surface area contributed by atoms with Gasteiger partial charge in [-0.3, -0.25) is 4.79 Å². The van der Waals surface area contributed by atoms with E-state index in [1.807, 2.05) is 20.8 Å². The van der Waals surface area contributed by atoms with Gasteiger partial charge in [0.05, 0.1) is 0 Å². The second kappa shape index (κ2) is 4.12. The first-order chi connectivity index (χ1) is 6.09. The van der Waals surface area contributed by atoms with Crippen molar-refractivity contribution in [2.75, 3.05) is 0 Å². The van der Waals surface area contributed by atoms with E-state index >= 15 is 0 Å². The number of ketones is 1. The molecule has 0 atom stereocenters. The van der Waals surface area contributed by atoms with Crippen LogP contribution in [0.1, 0.15) is 25.2 Å². The van der Waals surface area contributed by atoms with E-state index in [-0.39, 0.29) is 11.7 Å². The van der Waals surface area contributed by atoms with Crippen molar-refractivity contribution in [3.05, 3.63) is 23.8 Å². The van der Waals surface area contributed by atoms with Gasteiger partial charge in [-0.15, -0.1) is 0 Å². The number of nitrogens with zero attached hydrogens (tertiary/aromatic N) is 2. The predicted molar refractivity (Wildman–Crippen MR) is 50.3 cm³/mol. The monoisotopic (exact) mass is 178 g/mol. The Morgan fingerprint density at radius 2 is 1.92 bits per heavy atom. The third kappa shape index (κ3) is 2.93. The van der Waals surface area contributed by atoms with Gasteiger partial charge in [0.15, 0.2) is 0 Å². The highest BCUT2D eigenvalue weighted by Gasteiger charge is 2.08. The summed E-state index contributed by atoms with van der Waals surface area (Å²) in [6, 6.07) is 0. The van der Waals surface area contributed by atoms with E-state index in [4.69, 9.17) is 0 Å². The van der Waals surface area contributed by atoms with Gasteiger partial charge in [-0.1, -0.05) is 13.8 Å². The summed E-state index contributed by atoms with van der Waals surface area (Å²) in [7, 11) is 0. The average Bonchev–Trinajstić information content (AvgIpc) is 2.08. The van der Waals surface area contributed by atoms with Crippen molar-refractivity contribution in [3.63, 3.8) is 0 Å². The van der Waals surface area contributed by atoms with Crippen molar-refractivity contribution in [1.82, 2.24) is 9.97 Å². The van der Waals surface area contributed by atoms with Gasteiger partial charge in [-0.25, -0.2) is 9.97 Å². The lowest BCUT2D eigenvalue weighted by molar-refractivity contribution is -0.121. The zero-order valence-electron chi connectivity index (χ0n) is 8.24. The van der Waals surface area contributed by atoms with Gasteiger partial charge < -0.3 is 0 Å². The van der Waals surface area contributed by atoms with Crippen molar-refractivity contribution in [3.8, 4) is 0 Å². The Bertz CT molecular complexity index is 290. The fraction of sp³-hybridized carbons (Fsp3) is 0.500. The molecule has 0 aliphatic rings. The maximum absolute atomic E-state index is 11.3. The van der Waals surface area contributed by atoms with Crippen molar-refractivity contribution in [2.45, 2.75) is 27.2 Å². The number of rotatable bonds is 3. The zero-order chi connectivity index (χ0) is 9.84. The van der Waals surface area contributed by atoms with E-state index in [0.29, 0.717) is 6.42 Å². The van der Waals surface area contributed by atoms with Gasteiger partial charge in [-0.05, 0) is 12.5 Å². The van der Waals surface area contributed by atoms with E-state index in [2.05, 4.69) is 9.97 Å². The van der Waals surface area contributed by atoms with Gasteiger partial charge in [0, 0.05) is 24.7 Å². The highest BCUT2D eigenvalue weighted by atomic mass is 16.1. The number of hydrogen-bond donors (Lipinski definition) is 0. The van der Waals surface area contributed by atoms with Crippen LogP contribution in [-0.2, 0) is 11.2 Å². The van der Waals surface area contributed by atoms with Crippen LogP contribution in [0.15, 0.2) is 12.4 Å². The Hall–Kier alpha value is -1.25. The van der Waals surface area contributed by atoms with Crippen molar-refractivity contribution in [1.29, 1.82) is 0 Å². The summed E-state index contributed by atoms with van der Waals surface area (Å²) in [5.41, 5.74) is 0.893. The Labute approximate surface area is 78.2 Å². The summed E-state index contributed by atoms with van der Waals surface area (Å²) in [5, 5.41) is 0. The fourth-order valence-corrected chi connectivity index (χ4v) is 0.916. The number of aryl methyl sites for hydroxylation is 1. The standard InChI is InChI=1S/C10H14N2O/c1-7(2)10(13)4-9-5-11-8(3)12-6-9/h5-7H,4H2,1-3H3. The lowest BCUT2D eigenvalue weighted by atomic mass is 10.0. The molecular weight excluding hydrogens is 164 g/mol. The molecule has 0 aromatic carbocycles. The molecule has 1 aromatic heterocycles. The summed E-state index contributed by atoms with van der Waals surface area (Å²) < 4.78 is 0. The minimum Gasteiger partial charge on any atom is -0.299 e. The van der Waals surface area contributed by atoms with Gasteiger partial charge in [-0.2, -0.15) is 0 Å². The molecule has 3 heteroatoms. The first-order valence-corrected chi connectivity index (χ1v) is 4.40. The van der Waals surface area contributed by atoms with Crippen LogP contribution < -0.4 is 0 Å². The summed E-state index contributed by atoms with van der Waals surface area (Å²) in [6.07, 6.45) is 3.86. The summed E-state index contributed by atoms with van der Waals surface area (Å²) in [5.74, 6) is 1.05. The van der Waals surface area contributed by atoms with Crippen LogP contribution in [0.4, 0.5) is 0 Å². The lowest BCUT2D eigenvalue weighted by Gasteiger charge is -2.02. The molecule has 1 heterocycles. The van der Waals surface area contributed by atoms with E-state index in [0.717, 1.165) is 11.4 Å². The van der Waals surface area contributed by atoms with Crippen LogP contribution in [0.25, 0.3) is 0 Å². The maximum atomic E-state index is 11.3. The average molecular weight is 178 g/mol. The van der Waals surface area contributed by atoms with Gasteiger partial charge in [0.25, 0.3) is 0 Å². The SMILES string of the molecule is Cc1ncc(CC(=O)C(C)C)cn1. The number of carbonyl (C=O) groups is 1. The third-order valence-electron chi connectivity index (χ3n) is 1.86. The Morgan fingerprint density at radius 1 is 1.38 bits per heavy atom. The lowest BCUT2D eigenvalue weighted by Crippen LogP contribution is -2.10. The van der Waals surface area contributed by atoms with Gasteiger partial charge in [0.1, 0.15) is 11.6 Å². The van der Waals surface area contributed by atoms with Crippen LogP contribution >= 0.6 is 0 Å². The molecule has 1 aromatic rings. The largest absolute Gasteiger partial charge is 0.299 e. The molecule has 0 spiro atoms. The number of hydrogen-bond acceptors (Lipinski definition) is 3. The molecule has 0 aliphatic carbocycles. The van der Waals surface area contributed by atoms with Crippen molar-refractivity contribution >= 4 is 5.78 Å². The molecule has 13 heavy (non-hydrogen) atoms. The van der Waals surface area contributed by atoms with E-state index in [9.17, 15) is 4.79 Å². The molecule has 0 amide bonds. The normalized spacial score (nSPS) is 10.5. The molecule has 0 unspecified atom stereocenters. The minimum atomic E-state index is 0.0845. The summed E-state index contributed by atoms with van der Waals surface area (Å²) in [6.45, 7) is 5.63. The molecular formula is C10H14N2O. The second-order valence-corrected chi connectivity index (χ2v) is 3.44. The maximum Gasteiger partial charge on any atom is 0.139 e.